The summed E-state index contributed by atoms with van der Waals surface area (Å²) in [6, 6.07) is 17.3. The number of rotatable bonds is 3. The number of fused-ring (bicyclic) bond motifs is 1. The molecule has 1 aliphatic rings. The van der Waals surface area contributed by atoms with Crippen molar-refractivity contribution in [2.75, 3.05) is 13.1 Å². The van der Waals surface area contributed by atoms with Crippen molar-refractivity contribution < 1.29 is 4.79 Å². The molecule has 3 aromatic rings. The SMILES string of the molecule is Cl.N[C@@H]1CN(C(=O)Cn2c(=O)[nH]c3ccccc32)C[C@H]1c1ccccc1. The summed E-state index contributed by atoms with van der Waals surface area (Å²) in [4.78, 5) is 29.4. The number of nitrogens with one attached hydrogen (secondary N) is 1. The molecule has 2 aromatic carbocycles. The number of benzene rings is 2. The Bertz CT molecular complexity index is 966. The van der Waals surface area contributed by atoms with E-state index in [0.29, 0.717) is 13.1 Å². The third kappa shape index (κ3) is 3.25. The first-order valence-electron chi connectivity index (χ1n) is 8.39. The molecule has 7 heteroatoms. The van der Waals surface area contributed by atoms with Crippen molar-refractivity contribution in [1.82, 2.24) is 14.5 Å². The smallest absolute Gasteiger partial charge is 0.326 e. The maximum atomic E-state index is 12.7. The minimum atomic E-state index is -0.266. The lowest BCUT2D eigenvalue weighted by Crippen LogP contribution is -2.36. The highest BCUT2D eigenvalue weighted by atomic mass is 35.5. The number of likely N-dealkylation sites (tertiary alicyclic amines) is 1. The molecule has 0 spiro atoms. The zero-order chi connectivity index (χ0) is 17.4. The molecule has 3 N–H and O–H groups in total. The van der Waals surface area contributed by atoms with E-state index in [-0.39, 0.29) is 42.5 Å². The van der Waals surface area contributed by atoms with Crippen LogP contribution in [0.15, 0.2) is 59.4 Å². The van der Waals surface area contributed by atoms with Crippen LogP contribution in [0.2, 0.25) is 0 Å². The number of carbonyl (C=O) groups excluding carboxylic acids is 1. The van der Waals surface area contributed by atoms with Crippen molar-refractivity contribution in [3.8, 4) is 0 Å². The third-order valence-corrected chi connectivity index (χ3v) is 4.92. The number of amides is 1. The van der Waals surface area contributed by atoms with Gasteiger partial charge >= 0.3 is 5.69 Å². The molecule has 1 amide bonds. The average Bonchev–Trinajstić information content (AvgIpc) is 3.16. The summed E-state index contributed by atoms with van der Waals surface area (Å²) in [5.74, 6) is 0.0468. The van der Waals surface area contributed by atoms with Gasteiger partial charge in [0, 0.05) is 25.0 Å². The number of hydrogen-bond donors (Lipinski definition) is 2. The van der Waals surface area contributed by atoms with Crippen LogP contribution in [0.3, 0.4) is 0 Å². The first-order valence-corrected chi connectivity index (χ1v) is 8.39. The Hall–Kier alpha value is -2.57. The molecule has 1 saturated heterocycles. The van der Waals surface area contributed by atoms with Gasteiger partial charge in [-0.2, -0.15) is 0 Å². The minimum Gasteiger partial charge on any atom is -0.339 e. The molecule has 26 heavy (non-hydrogen) atoms. The van der Waals surface area contributed by atoms with Crippen molar-refractivity contribution in [3.63, 3.8) is 0 Å². The molecular weight excluding hydrogens is 352 g/mol. The number of nitrogens with two attached hydrogens (primary N) is 1. The summed E-state index contributed by atoms with van der Waals surface area (Å²) in [7, 11) is 0. The monoisotopic (exact) mass is 372 g/mol. The van der Waals surface area contributed by atoms with E-state index in [1.165, 1.54) is 4.57 Å². The normalized spacial score (nSPS) is 19.5. The Kier molecular flexibility index (Phi) is 5.15. The number of aromatic nitrogens is 2. The second-order valence-corrected chi connectivity index (χ2v) is 6.51. The van der Waals surface area contributed by atoms with Crippen LogP contribution >= 0.6 is 12.4 Å². The van der Waals surface area contributed by atoms with E-state index >= 15 is 0 Å². The van der Waals surface area contributed by atoms with Gasteiger partial charge in [0.2, 0.25) is 5.91 Å². The second-order valence-electron chi connectivity index (χ2n) is 6.51. The number of carbonyl (C=O) groups is 1. The number of hydrogen-bond acceptors (Lipinski definition) is 3. The standard InChI is InChI=1S/C19H20N4O2.ClH/c20-15-11-22(10-14(15)13-6-2-1-3-7-13)18(24)12-23-17-9-5-4-8-16(17)21-19(23)25;/h1-9,14-15H,10-12,20H2,(H,21,25);1H/t14-,15+;/m0./s1. The Labute approximate surface area is 157 Å². The Morgan fingerprint density at radius 2 is 1.77 bits per heavy atom. The van der Waals surface area contributed by atoms with Crippen LogP contribution in [0.1, 0.15) is 11.5 Å². The van der Waals surface area contributed by atoms with Gasteiger partial charge < -0.3 is 15.6 Å². The van der Waals surface area contributed by atoms with Crippen LogP contribution in [0.5, 0.6) is 0 Å². The molecule has 0 saturated carbocycles. The molecule has 1 fully saturated rings. The highest BCUT2D eigenvalue weighted by molar-refractivity contribution is 5.85. The lowest BCUT2D eigenvalue weighted by atomic mass is 9.95. The van der Waals surface area contributed by atoms with E-state index in [2.05, 4.69) is 4.98 Å². The summed E-state index contributed by atoms with van der Waals surface area (Å²) in [6.45, 7) is 1.12. The largest absolute Gasteiger partial charge is 0.339 e. The minimum absolute atomic E-state index is 0. The molecule has 1 aromatic heterocycles. The topological polar surface area (TPSA) is 84.1 Å². The molecule has 4 rings (SSSR count). The van der Waals surface area contributed by atoms with Crippen molar-refractivity contribution in [2.24, 2.45) is 5.73 Å². The third-order valence-electron chi connectivity index (χ3n) is 4.92. The van der Waals surface area contributed by atoms with Gasteiger partial charge in [-0.15, -0.1) is 12.4 Å². The number of H-pyrrole nitrogens is 1. The van der Waals surface area contributed by atoms with E-state index in [0.717, 1.165) is 16.6 Å². The Morgan fingerprint density at radius 3 is 2.54 bits per heavy atom. The molecule has 0 radical (unpaired) electrons. The predicted octanol–water partition coefficient (Wildman–Crippen LogP) is 1.70. The molecule has 2 atom stereocenters. The lowest BCUT2D eigenvalue weighted by Gasteiger charge is -2.17. The zero-order valence-corrected chi connectivity index (χ0v) is 15.0. The summed E-state index contributed by atoms with van der Waals surface area (Å²) in [5, 5.41) is 0. The summed E-state index contributed by atoms with van der Waals surface area (Å²) in [5.41, 5.74) is 8.62. The van der Waals surface area contributed by atoms with Gasteiger partial charge in [0.25, 0.3) is 0 Å². The van der Waals surface area contributed by atoms with Gasteiger partial charge in [-0.3, -0.25) is 9.36 Å². The van der Waals surface area contributed by atoms with Gasteiger partial charge in [0.05, 0.1) is 11.0 Å². The summed E-state index contributed by atoms with van der Waals surface area (Å²) >= 11 is 0. The summed E-state index contributed by atoms with van der Waals surface area (Å²) in [6.07, 6.45) is 0. The maximum Gasteiger partial charge on any atom is 0.326 e. The van der Waals surface area contributed by atoms with E-state index in [1.54, 1.807) is 4.90 Å². The number of aromatic amines is 1. The molecule has 1 aliphatic heterocycles. The van der Waals surface area contributed by atoms with Gasteiger partial charge in [-0.1, -0.05) is 42.5 Å². The van der Waals surface area contributed by atoms with Gasteiger partial charge in [0.15, 0.2) is 0 Å². The second kappa shape index (κ2) is 7.35. The van der Waals surface area contributed by atoms with Gasteiger partial charge in [-0.05, 0) is 17.7 Å². The van der Waals surface area contributed by atoms with Crippen molar-refractivity contribution in [1.29, 1.82) is 0 Å². The van der Waals surface area contributed by atoms with Gasteiger partial charge in [-0.25, -0.2) is 4.79 Å². The molecular formula is C19H21ClN4O2. The molecule has 0 bridgehead atoms. The lowest BCUT2D eigenvalue weighted by molar-refractivity contribution is -0.130. The Morgan fingerprint density at radius 1 is 1.08 bits per heavy atom. The molecule has 6 nitrogen and oxygen atoms in total. The van der Waals surface area contributed by atoms with E-state index in [9.17, 15) is 9.59 Å². The van der Waals surface area contributed by atoms with E-state index in [4.69, 9.17) is 5.73 Å². The summed E-state index contributed by atoms with van der Waals surface area (Å²) < 4.78 is 1.49. The van der Waals surface area contributed by atoms with Crippen molar-refractivity contribution in [3.05, 3.63) is 70.6 Å². The molecule has 0 unspecified atom stereocenters. The number of halogens is 1. The number of imidazole rings is 1. The quantitative estimate of drug-likeness (QED) is 0.734. The van der Waals surface area contributed by atoms with Crippen LogP contribution in [0.25, 0.3) is 11.0 Å². The Balaban J connectivity index is 0.00000196. The van der Waals surface area contributed by atoms with Crippen LogP contribution in [0, 0.1) is 0 Å². The van der Waals surface area contributed by atoms with Crippen molar-refractivity contribution >= 4 is 29.3 Å². The first-order chi connectivity index (χ1) is 12.1. The predicted molar refractivity (Wildman–Crippen MR) is 104 cm³/mol. The fourth-order valence-corrected chi connectivity index (χ4v) is 3.58. The van der Waals surface area contributed by atoms with Crippen molar-refractivity contribution in [2.45, 2.75) is 18.5 Å². The zero-order valence-electron chi connectivity index (χ0n) is 14.2. The van der Waals surface area contributed by atoms with Crippen LogP contribution in [0.4, 0.5) is 0 Å². The van der Waals surface area contributed by atoms with E-state index < -0.39 is 0 Å². The number of nitrogens with zero attached hydrogens (tertiary/aromatic N) is 2. The molecule has 136 valence electrons. The first kappa shape index (κ1) is 18.2. The molecule has 0 aliphatic carbocycles. The highest BCUT2D eigenvalue weighted by Gasteiger charge is 2.34. The number of para-hydroxylation sites is 2. The van der Waals surface area contributed by atoms with Crippen LogP contribution < -0.4 is 11.4 Å². The molecule has 2 heterocycles. The van der Waals surface area contributed by atoms with Gasteiger partial charge in [0.1, 0.15) is 6.54 Å². The van der Waals surface area contributed by atoms with Crippen LogP contribution in [-0.2, 0) is 11.3 Å². The fourth-order valence-electron chi connectivity index (χ4n) is 3.58. The van der Waals surface area contributed by atoms with E-state index in [1.807, 2.05) is 54.6 Å². The average molecular weight is 373 g/mol. The fraction of sp³-hybridized carbons (Fsp3) is 0.263. The van der Waals surface area contributed by atoms with Crippen LogP contribution in [-0.4, -0.2) is 39.5 Å². The maximum absolute atomic E-state index is 12.7. The highest BCUT2D eigenvalue weighted by Crippen LogP contribution is 2.26.